The third-order valence-corrected chi connectivity index (χ3v) is 7.65. The van der Waals surface area contributed by atoms with Gasteiger partial charge in [-0.3, -0.25) is 14.5 Å². The van der Waals surface area contributed by atoms with Gasteiger partial charge < -0.3 is 15.8 Å². The van der Waals surface area contributed by atoms with E-state index in [0.29, 0.717) is 28.4 Å². The Kier molecular flexibility index (Phi) is 5.75. The zero-order valence-electron chi connectivity index (χ0n) is 21.6. The number of esters is 1. The molecule has 2 aromatic carbocycles. The summed E-state index contributed by atoms with van der Waals surface area (Å²) in [7, 11) is 0. The second-order valence-electron chi connectivity index (χ2n) is 10.8. The van der Waals surface area contributed by atoms with Gasteiger partial charge in [-0.25, -0.2) is 4.79 Å². The summed E-state index contributed by atoms with van der Waals surface area (Å²) in [5.41, 5.74) is 9.16. The minimum atomic E-state index is -1.77. The number of ether oxygens (including phenoxy) is 1. The van der Waals surface area contributed by atoms with E-state index in [1.807, 2.05) is 45.9 Å². The van der Waals surface area contributed by atoms with E-state index >= 15 is 0 Å². The van der Waals surface area contributed by atoms with Crippen LogP contribution in [0.2, 0.25) is 5.02 Å². The number of benzene rings is 2. The highest BCUT2D eigenvalue weighted by Crippen LogP contribution is 2.58. The van der Waals surface area contributed by atoms with Crippen molar-refractivity contribution < 1.29 is 19.1 Å². The Balaban J connectivity index is 1.94. The molecule has 0 bridgehead atoms. The molecule has 0 fully saturated rings. The first-order valence-electron chi connectivity index (χ1n) is 12.4. The highest BCUT2D eigenvalue weighted by atomic mass is 35.5. The van der Waals surface area contributed by atoms with Crippen LogP contribution in [0.3, 0.4) is 0 Å². The number of nitrogens with two attached hydrogens (primary N) is 1. The van der Waals surface area contributed by atoms with Crippen LogP contribution in [0.4, 0.5) is 11.4 Å². The van der Waals surface area contributed by atoms with Crippen LogP contribution in [0, 0.1) is 19.3 Å². The molecule has 2 heterocycles. The fraction of sp³-hybridized carbons (Fsp3) is 0.345. The second-order valence-corrected chi connectivity index (χ2v) is 11.2. The van der Waals surface area contributed by atoms with Crippen molar-refractivity contribution in [3.63, 3.8) is 0 Å². The lowest BCUT2D eigenvalue weighted by Gasteiger charge is -2.47. The number of nitrogens with one attached hydrogen (secondary N) is 1. The van der Waals surface area contributed by atoms with Gasteiger partial charge in [0.2, 0.25) is 5.91 Å². The quantitative estimate of drug-likeness (QED) is 0.551. The smallest absolute Gasteiger partial charge is 0.339 e. The molecule has 1 aliphatic carbocycles. The molecule has 0 radical (unpaired) electrons. The predicted octanol–water partition coefficient (Wildman–Crippen LogP) is 5.04. The van der Waals surface area contributed by atoms with Crippen molar-refractivity contribution in [1.29, 1.82) is 0 Å². The van der Waals surface area contributed by atoms with Crippen LogP contribution in [-0.2, 0) is 24.5 Å². The Morgan fingerprint density at radius 3 is 2.54 bits per heavy atom. The van der Waals surface area contributed by atoms with E-state index < -0.39 is 17.3 Å². The van der Waals surface area contributed by atoms with Crippen LogP contribution in [-0.4, -0.2) is 24.3 Å². The van der Waals surface area contributed by atoms with Crippen LogP contribution in [0.5, 0.6) is 0 Å². The maximum Gasteiger partial charge on any atom is 0.339 e. The molecule has 1 amide bonds. The van der Waals surface area contributed by atoms with Crippen LogP contribution < -0.4 is 16.0 Å². The minimum Gasteiger partial charge on any atom is -0.462 e. The summed E-state index contributed by atoms with van der Waals surface area (Å²) in [5.74, 6) is -1.41. The number of aryl methyl sites for hydroxylation is 2. The van der Waals surface area contributed by atoms with E-state index in [9.17, 15) is 14.4 Å². The standard InChI is InChI=1S/C29H30ClN3O4/c1-6-37-26(35)24-25(31)33(20-10-7-15(2)11-16(20)3)21-13-28(4,5)14-22(34)23(21)29(24)18-12-17(30)8-9-19(18)32-27(29)36/h7-12H,6,13-14,31H2,1-5H3,(H,32,36). The number of amides is 1. The summed E-state index contributed by atoms with van der Waals surface area (Å²) in [5, 5.41) is 3.25. The van der Waals surface area contributed by atoms with Crippen LogP contribution in [0.15, 0.2) is 59.1 Å². The monoisotopic (exact) mass is 519 g/mol. The van der Waals surface area contributed by atoms with Gasteiger partial charge in [0.25, 0.3) is 0 Å². The first-order valence-corrected chi connectivity index (χ1v) is 12.7. The first kappa shape index (κ1) is 25.1. The van der Waals surface area contributed by atoms with Gasteiger partial charge in [-0.2, -0.15) is 0 Å². The third-order valence-electron chi connectivity index (χ3n) is 7.42. The fourth-order valence-electron chi connectivity index (χ4n) is 6.04. The molecule has 0 aromatic heterocycles. The minimum absolute atomic E-state index is 0.0672. The number of hydrogen-bond acceptors (Lipinski definition) is 6. The summed E-state index contributed by atoms with van der Waals surface area (Å²) >= 11 is 6.40. The number of halogens is 1. The van der Waals surface area contributed by atoms with Gasteiger partial charge in [0.1, 0.15) is 16.8 Å². The number of Topliss-reactive ketones (excluding diaryl/α,β-unsaturated/α-hetero) is 1. The highest BCUT2D eigenvalue weighted by molar-refractivity contribution is 6.31. The lowest BCUT2D eigenvalue weighted by atomic mass is 9.60. The summed E-state index contributed by atoms with van der Waals surface area (Å²) < 4.78 is 5.47. The molecule has 0 saturated heterocycles. The average molecular weight is 520 g/mol. The lowest BCUT2D eigenvalue weighted by Crippen LogP contribution is -2.54. The zero-order valence-corrected chi connectivity index (χ0v) is 22.4. The molecule has 2 aliphatic heterocycles. The van der Waals surface area contributed by atoms with Crippen molar-refractivity contribution in [2.75, 3.05) is 16.8 Å². The van der Waals surface area contributed by atoms with E-state index in [0.717, 1.165) is 16.8 Å². The Labute approximate surface area is 221 Å². The number of fused-ring (bicyclic) bond motifs is 3. The second kappa shape index (κ2) is 8.48. The molecule has 192 valence electrons. The molecule has 5 rings (SSSR count). The Morgan fingerprint density at radius 1 is 1.14 bits per heavy atom. The van der Waals surface area contributed by atoms with Gasteiger partial charge in [-0.15, -0.1) is 0 Å². The maximum atomic E-state index is 14.1. The van der Waals surface area contributed by atoms with E-state index in [-0.39, 0.29) is 41.2 Å². The number of hydrogen-bond donors (Lipinski definition) is 2. The number of allylic oxidation sites excluding steroid dienone is 1. The molecule has 8 heteroatoms. The molecule has 2 aromatic rings. The first-order chi connectivity index (χ1) is 17.4. The van der Waals surface area contributed by atoms with Gasteiger partial charge in [-0.05, 0) is 62.4 Å². The van der Waals surface area contributed by atoms with Crippen molar-refractivity contribution in [3.05, 3.63) is 80.8 Å². The number of carbonyl (C=O) groups is 3. The van der Waals surface area contributed by atoms with E-state index in [4.69, 9.17) is 22.1 Å². The molecule has 1 atom stereocenters. The van der Waals surface area contributed by atoms with Gasteiger partial charge in [0, 0.05) is 34.0 Å². The van der Waals surface area contributed by atoms with Gasteiger partial charge >= 0.3 is 5.97 Å². The number of nitrogens with zero attached hydrogens (tertiary/aromatic N) is 1. The Hall–Kier alpha value is -3.58. The molecule has 1 spiro atoms. The van der Waals surface area contributed by atoms with Gasteiger partial charge in [-0.1, -0.05) is 43.1 Å². The summed E-state index contributed by atoms with van der Waals surface area (Å²) in [6.07, 6.45) is 0.691. The molecule has 7 nitrogen and oxygen atoms in total. The average Bonchev–Trinajstić information content (AvgIpc) is 3.05. The largest absolute Gasteiger partial charge is 0.462 e. The van der Waals surface area contributed by atoms with Crippen LogP contribution in [0.1, 0.15) is 50.3 Å². The lowest BCUT2D eigenvalue weighted by molar-refractivity contribution is -0.140. The van der Waals surface area contributed by atoms with E-state index in [1.165, 1.54) is 0 Å². The summed E-state index contributed by atoms with van der Waals surface area (Å²) in [6, 6.07) is 10.9. The predicted molar refractivity (Wildman–Crippen MR) is 143 cm³/mol. The molecular formula is C29H30ClN3O4. The van der Waals surface area contributed by atoms with Crippen molar-refractivity contribution >= 4 is 40.6 Å². The van der Waals surface area contributed by atoms with Gasteiger partial charge in [0.05, 0.1) is 12.3 Å². The van der Waals surface area contributed by atoms with E-state index in [1.54, 1.807) is 30.0 Å². The van der Waals surface area contributed by atoms with Crippen molar-refractivity contribution in [2.45, 2.75) is 52.9 Å². The number of carbonyl (C=O) groups excluding carboxylic acids is 3. The molecule has 1 unspecified atom stereocenters. The molecule has 3 N–H and O–H groups in total. The normalized spacial score (nSPS) is 22.3. The van der Waals surface area contributed by atoms with E-state index in [2.05, 4.69) is 5.32 Å². The zero-order chi connectivity index (χ0) is 26.9. The fourth-order valence-corrected chi connectivity index (χ4v) is 6.21. The third kappa shape index (κ3) is 3.59. The summed E-state index contributed by atoms with van der Waals surface area (Å²) in [4.78, 5) is 43.6. The van der Waals surface area contributed by atoms with Crippen molar-refractivity contribution in [3.8, 4) is 0 Å². The highest BCUT2D eigenvalue weighted by Gasteiger charge is 2.63. The Morgan fingerprint density at radius 2 is 1.86 bits per heavy atom. The SMILES string of the molecule is CCOC(=O)C1=C(N)N(c2ccc(C)cc2C)C2=C(C(=O)CC(C)(C)C2)C12C(=O)Nc1ccc(Cl)cc12. The van der Waals surface area contributed by atoms with Gasteiger partial charge in [0.15, 0.2) is 5.78 Å². The molecule has 3 aliphatic rings. The van der Waals surface area contributed by atoms with Crippen LogP contribution >= 0.6 is 11.6 Å². The number of ketones is 1. The topological polar surface area (TPSA) is 102 Å². The Bertz CT molecular complexity index is 1460. The molecule has 37 heavy (non-hydrogen) atoms. The number of anilines is 2. The number of rotatable bonds is 3. The van der Waals surface area contributed by atoms with Crippen molar-refractivity contribution in [2.24, 2.45) is 11.1 Å². The molecular weight excluding hydrogens is 490 g/mol. The van der Waals surface area contributed by atoms with Crippen molar-refractivity contribution in [1.82, 2.24) is 0 Å². The van der Waals surface area contributed by atoms with Crippen LogP contribution in [0.25, 0.3) is 0 Å². The maximum absolute atomic E-state index is 14.1. The summed E-state index contributed by atoms with van der Waals surface area (Å²) in [6.45, 7) is 9.74. The molecule has 0 saturated carbocycles.